The molecule has 0 bridgehead atoms. The van der Waals surface area contributed by atoms with Crippen LogP contribution < -0.4 is 10.6 Å². The summed E-state index contributed by atoms with van der Waals surface area (Å²) in [4.78, 5) is 4.85. The van der Waals surface area contributed by atoms with Gasteiger partial charge in [-0.1, -0.05) is 37.7 Å². The zero-order chi connectivity index (χ0) is 14.4. The van der Waals surface area contributed by atoms with Crippen LogP contribution in [0.25, 0.3) is 0 Å². The van der Waals surface area contributed by atoms with Crippen molar-refractivity contribution in [3.63, 3.8) is 0 Å². The number of likely N-dealkylation sites (N-methyl/N-ethyl adjacent to an activating group) is 1. The van der Waals surface area contributed by atoms with Crippen molar-refractivity contribution in [3.05, 3.63) is 29.8 Å². The molecule has 0 aromatic heterocycles. The second-order valence-corrected chi connectivity index (χ2v) is 5.60. The summed E-state index contributed by atoms with van der Waals surface area (Å²) < 4.78 is 0. The van der Waals surface area contributed by atoms with E-state index in [1.807, 2.05) is 14.1 Å². The standard InChI is InChI=1S/C15H25N3S/c1-5-6-11-18(4)14(15(16)19)12-7-9-13(10-8-12)17(2)3/h7-10,14H,5-6,11H2,1-4H3,(H2,16,19). The maximum atomic E-state index is 5.92. The largest absolute Gasteiger partial charge is 0.392 e. The quantitative estimate of drug-likeness (QED) is 0.778. The highest BCUT2D eigenvalue weighted by Crippen LogP contribution is 2.23. The first-order valence-corrected chi connectivity index (χ1v) is 7.15. The molecule has 19 heavy (non-hydrogen) atoms. The summed E-state index contributed by atoms with van der Waals surface area (Å²) in [7, 11) is 6.15. The summed E-state index contributed by atoms with van der Waals surface area (Å²) in [5, 5.41) is 0. The van der Waals surface area contributed by atoms with Gasteiger partial charge in [0.15, 0.2) is 0 Å². The Morgan fingerprint density at radius 2 is 1.79 bits per heavy atom. The third kappa shape index (κ3) is 4.48. The number of unbranched alkanes of at least 4 members (excludes halogenated alkanes) is 1. The Morgan fingerprint density at radius 1 is 1.21 bits per heavy atom. The second-order valence-electron chi connectivity index (χ2n) is 5.13. The smallest absolute Gasteiger partial charge is 0.0948 e. The van der Waals surface area contributed by atoms with Crippen LogP contribution in [0.4, 0.5) is 5.69 Å². The highest BCUT2D eigenvalue weighted by molar-refractivity contribution is 7.80. The van der Waals surface area contributed by atoms with E-state index < -0.39 is 0 Å². The van der Waals surface area contributed by atoms with Gasteiger partial charge in [-0.05, 0) is 37.7 Å². The molecule has 0 aliphatic heterocycles. The van der Waals surface area contributed by atoms with Gasteiger partial charge in [-0.15, -0.1) is 0 Å². The minimum Gasteiger partial charge on any atom is -0.392 e. The summed E-state index contributed by atoms with van der Waals surface area (Å²) in [6, 6.07) is 8.46. The zero-order valence-electron chi connectivity index (χ0n) is 12.4. The van der Waals surface area contributed by atoms with E-state index in [1.54, 1.807) is 0 Å². The van der Waals surface area contributed by atoms with Gasteiger partial charge < -0.3 is 10.6 Å². The normalized spacial score (nSPS) is 12.5. The number of nitrogens with two attached hydrogens (primary N) is 1. The molecule has 0 heterocycles. The van der Waals surface area contributed by atoms with Crippen molar-refractivity contribution in [2.45, 2.75) is 25.8 Å². The fourth-order valence-corrected chi connectivity index (χ4v) is 2.44. The van der Waals surface area contributed by atoms with Crippen LogP contribution in [0.3, 0.4) is 0 Å². The number of thiocarbonyl (C=S) groups is 1. The van der Waals surface area contributed by atoms with E-state index in [0.717, 1.165) is 18.5 Å². The Morgan fingerprint density at radius 3 is 2.21 bits per heavy atom. The van der Waals surface area contributed by atoms with Crippen molar-refractivity contribution in [1.82, 2.24) is 4.90 Å². The van der Waals surface area contributed by atoms with Crippen molar-refractivity contribution >= 4 is 22.9 Å². The molecule has 0 amide bonds. The maximum Gasteiger partial charge on any atom is 0.0948 e. The Balaban J connectivity index is 2.89. The number of rotatable bonds is 7. The Kier molecular flexibility index (Phi) is 6.25. The molecule has 0 fully saturated rings. The number of anilines is 1. The molecular formula is C15H25N3S. The number of benzene rings is 1. The molecule has 0 saturated heterocycles. The Hall–Kier alpha value is -1.13. The molecule has 1 aromatic carbocycles. The molecule has 4 heteroatoms. The fourth-order valence-electron chi connectivity index (χ4n) is 2.13. The average Bonchev–Trinajstić information content (AvgIpc) is 2.36. The van der Waals surface area contributed by atoms with Crippen molar-refractivity contribution in [2.24, 2.45) is 5.73 Å². The van der Waals surface area contributed by atoms with Gasteiger partial charge in [-0.2, -0.15) is 0 Å². The molecule has 1 atom stereocenters. The summed E-state index contributed by atoms with van der Waals surface area (Å²) in [5.41, 5.74) is 8.26. The van der Waals surface area contributed by atoms with Crippen molar-refractivity contribution in [1.29, 1.82) is 0 Å². The lowest BCUT2D eigenvalue weighted by Gasteiger charge is -2.28. The molecule has 106 valence electrons. The van der Waals surface area contributed by atoms with Crippen LogP contribution in [0.1, 0.15) is 31.4 Å². The van der Waals surface area contributed by atoms with Gasteiger partial charge in [0.25, 0.3) is 0 Å². The highest BCUT2D eigenvalue weighted by Gasteiger charge is 2.19. The van der Waals surface area contributed by atoms with E-state index in [2.05, 4.69) is 48.0 Å². The van der Waals surface area contributed by atoms with E-state index in [-0.39, 0.29) is 6.04 Å². The predicted molar refractivity (Wildman–Crippen MR) is 87.8 cm³/mol. The molecule has 0 radical (unpaired) electrons. The van der Waals surface area contributed by atoms with Crippen LogP contribution in [-0.4, -0.2) is 37.6 Å². The van der Waals surface area contributed by atoms with Crippen molar-refractivity contribution in [2.75, 3.05) is 32.6 Å². The third-order valence-corrected chi connectivity index (χ3v) is 3.52. The topological polar surface area (TPSA) is 32.5 Å². The number of nitrogens with zero attached hydrogens (tertiary/aromatic N) is 2. The Labute approximate surface area is 122 Å². The van der Waals surface area contributed by atoms with E-state index in [1.165, 1.54) is 12.1 Å². The average molecular weight is 279 g/mol. The SMILES string of the molecule is CCCCN(C)C(C(N)=S)c1ccc(N(C)C)cc1. The van der Waals surface area contributed by atoms with Gasteiger partial charge in [0.2, 0.25) is 0 Å². The first-order valence-electron chi connectivity index (χ1n) is 6.74. The zero-order valence-corrected chi connectivity index (χ0v) is 13.2. The second kappa shape index (κ2) is 7.46. The molecular weight excluding hydrogens is 254 g/mol. The molecule has 1 unspecified atom stereocenters. The van der Waals surface area contributed by atoms with Crippen LogP contribution in [0.5, 0.6) is 0 Å². The minimum absolute atomic E-state index is 0.0257. The summed E-state index contributed by atoms with van der Waals surface area (Å²) >= 11 is 5.24. The molecule has 1 rings (SSSR count). The molecule has 0 saturated carbocycles. The molecule has 1 aromatic rings. The van der Waals surface area contributed by atoms with Gasteiger partial charge in [-0.3, -0.25) is 4.90 Å². The number of hydrogen-bond donors (Lipinski definition) is 1. The number of hydrogen-bond acceptors (Lipinski definition) is 3. The Bertz CT molecular complexity index is 400. The van der Waals surface area contributed by atoms with Crippen molar-refractivity contribution < 1.29 is 0 Å². The molecule has 0 spiro atoms. The first kappa shape index (κ1) is 15.9. The molecule has 2 N–H and O–H groups in total. The van der Waals surface area contributed by atoms with E-state index in [4.69, 9.17) is 18.0 Å². The third-order valence-electron chi connectivity index (χ3n) is 3.30. The van der Waals surface area contributed by atoms with Crippen LogP contribution in [0, 0.1) is 0 Å². The molecule has 0 aliphatic rings. The van der Waals surface area contributed by atoms with Crippen LogP contribution in [-0.2, 0) is 0 Å². The fraction of sp³-hybridized carbons (Fsp3) is 0.533. The van der Waals surface area contributed by atoms with E-state index >= 15 is 0 Å². The van der Waals surface area contributed by atoms with Crippen molar-refractivity contribution in [3.8, 4) is 0 Å². The van der Waals surface area contributed by atoms with Gasteiger partial charge in [0.05, 0.1) is 11.0 Å². The molecule has 0 aliphatic carbocycles. The lowest BCUT2D eigenvalue weighted by molar-refractivity contribution is 0.296. The summed E-state index contributed by atoms with van der Waals surface area (Å²) in [6.07, 6.45) is 2.33. The minimum atomic E-state index is 0.0257. The maximum absolute atomic E-state index is 5.92. The van der Waals surface area contributed by atoms with Crippen LogP contribution in [0.15, 0.2) is 24.3 Å². The highest BCUT2D eigenvalue weighted by atomic mass is 32.1. The van der Waals surface area contributed by atoms with Gasteiger partial charge in [0.1, 0.15) is 0 Å². The van der Waals surface area contributed by atoms with Crippen LogP contribution >= 0.6 is 12.2 Å². The molecule has 3 nitrogen and oxygen atoms in total. The summed E-state index contributed by atoms with van der Waals surface area (Å²) in [6.45, 7) is 3.20. The lowest BCUT2D eigenvalue weighted by atomic mass is 10.0. The lowest BCUT2D eigenvalue weighted by Crippen LogP contribution is -2.34. The van der Waals surface area contributed by atoms with E-state index in [0.29, 0.717) is 4.99 Å². The van der Waals surface area contributed by atoms with E-state index in [9.17, 15) is 0 Å². The monoisotopic (exact) mass is 279 g/mol. The van der Waals surface area contributed by atoms with Gasteiger partial charge >= 0.3 is 0 Å². The first-order chi connectivity index (χ1) is 8.97. The van der Waals surface area contributed by atoms with Gasteiger partial charge in [0, 0.05) is 19.8 Å². The summed E-state index contributed by atoms with van der Waals surface area (Å²) in [5.74, 6) is 0. The van der Waals surface area contributed by atoms with Gasteiger partial charge in [-0.25, -0.2) is 0 Å². The van der Waals surface area contributed by atoms with Crippen LogP contribution in [0.2, 0.25) is 0 Å². The predicted octanol–water partition coefficient (Wildman–Crippen LogP) is 2.81.